The molecule has 0 saturated carbocycles. The van der Waals surface area contributed by atoms with E-state index in [0.717, 1.165) is 0 Å². The van der Waals surface area contributed by atoms with E-state index in [1.54, 1.807) is 0 Å². The van der Waals surface area contributed by atoms with Gasteiger partial charge in [-0.05, 0) is 0 Å². The van der Waals surface area contributed by atoms with Crippen molar-refractivity contribution >= 4 is 49.1 Å². The van der Waals surface area contributed by atoms with E-state index in [9.17, 15) is 19.2 Å². The zero-order valence-electron chi connectivity index (χ0n) is 10.4. The zero-order chi connectivity index (χ0) is 17.6. The van der Waals surface area contributed by atoms with Gasteiger partial charge in [-0.2, -0.15) is 7.82 Å². The summed E-state index contributed by atoms with van der Waals surface area (Å²) in [5, 5.41) is 31.2. The van der Waals surface area contributed by atoms with Gasteiger partial charge in [0.1, 0.15) is 0 Å². The smallest absolute Gasteiger partial charge is 0.822 e. The van der Waals surface area contributed by atoms with Gasteiger partial charge in [0.15, 0.2) is 0 Å². The van der Waals surface area contributed by atoms with Crippen LogP contribution in [0.15, 0.2) is 24.3 Å². The average Bonchev–Trinajstić information content (AvgIpc) is 2.22. The summed E-state index contributed by atoms with van der Waals surface area (Å²) in [6.07, 6.45) is 2.23. The maximum Gasteiger partial charge on any atom is 3.00 e. The average molecular weight is 354 g/mol. The summed E-state index contributed by atoms with van der Waals surface area (Å²) in [7, 11) is -5.39. The minimum atomic E-state index is -5.39. The summed E-state index contributed by atoms with van der Waals surface area (Å²) in [6, 6.07) is 0. The van der Waals surface area contributed by atoms with E-state index < -0.39 is 31.7 Å². The first-order chi connectivity index (χ1) is 9.25. The van der Waals surface area contributed by atoms with Gasteiger partial charge in [0.25, 0.3) is 0 Å². The fourth-order valence-corrected chi connectivity index (χ4v) is 0.285. The Labute approximate surface area is 133 Å². The number of phosphoric acid groups is 1. The molecule has 0 spiro atoms. The molecule has 0 aromatic carbocycles. The Morgan fingerprint density at radius 3 is 0.773 bits per heavy atom. The molecule has 14 heteroatoms. The summed E-state index contributed by atoms with van der Waals surface area (Å²) in [5.74, 6) is -5.03. The van der Waals surface area contributed by atoms with Crippen LogP contribution in [0.5, 0.6) is 0 Å². The van der Waals surface area contributed by atoms with Crippen LogP contribution in [0.2, 0.25) is 0 Å². The van der Waals surface area contributed by atoms with E-state index >= 15 is 0 Å². The van der Waals surface area contributed by atoms with Crippen LogP contribution in [0, 0.1) is 0 Å². The van der Waals surface area contributed by atoms with Crippen molar-refractivity contribution in [1.82, 2.24) is 0 Å². The van der Waals surface area contributed by atoms with Crippen molar-refractivity contribution in [3.63, 3.8) is 0 Å². The third kappa shape index (κ3) is 81.3. The molecule has 0 amide bonds. The van der Waals surface area contributed by atoms with Gasteiger partial charge >= 0.3 is 41.2 Å². The molecule has 12 nitrogen and oxygen atoms in total. The standard InChI is InChI=1S/2C4H4O4.Al.H3O4P/c2*5-3(6)1-2-4(7)8;;1-5(2,3)4/h2*1-2H,(H,5,6)(H,7,8);;(H3,1,2,3,4)/q;;+3;/p-3/b2*2-1-;;. The van der Waals surface area contributed by atoms with E-state index in [-0.39, 0.29) is 17.4 Å². The Morgan fingerprint density at radius 1 is 0.636 bits per heavy atom. The van der Waals surface area contributed by atoms with Gasteiger partial charge in [0, 0.05) is 24.3 Å². The van der Waals surface area contributed by atoms with Crippen LogP contribution in [0.25, 0.3) is 0 Å². The van der Waals surface area contributed by atoms with Crippen molar-refractivity contribution < 1.29 is 58.8 Å². The number of carboxylic acids is 4. The SMILES string of the molecule is O=C(O)/C=C\C(=O)O.O=C(O)/C=C\C(=O)O.O=P([O-])([O-])[O-].[Al+3]. The summed E-state index contributed by atoms with van der Waals surface area (Å²) >= 11 is 0. The quantitative estimate of drug-likeness (QED) is 0.216. The minimum Gasteiger partial charge on any atom is -0.822 e. The molecule has 120 valence electrons. The van der Waals surface area contributed by atoms with Crippen molar-refractivity contribution in [2.45, 2.75) is 0 Å². The van der Waals surface area contributed by atoms with Crippen LogP contribution in [0.3, 0.4) is 0 Å². The van der Waals surface area contributed by atoms with Gasteiger partial charge in [-0.1, -0.05) is 0 Å². The number of hydrogen-bond donors (Lipinski definition) is 4. The van der Waals surface area contributed by atoms with Crippen LogP contribution < -0.4 is 14.7 Å². The Bertz CT molecular complexity index is 401. The maximum absolute atomic E-state index is 9.55. The van der Waals surface area contributed by atoms with Gasteiger partial charge in [-0.15, -0.1) is 0 Å². The van der Waals surface area contributed by atoms with Crippen LogP contribution in [-0.2, 0) is 23.7 Å². The molecule has 0 aliphatic heterocycles. The molecule has 0 unspecified atom stereocenters. The predicted octanol–water partition coefficient (Wildman–Crippen LogP) is -3.78. The monoisotopic (exact) mass is 354 g/mol. The topological polar surface area (TPSA) is 235 Å². The second-order valence-corrected chi connectivity index (χ2v) is 3.36. The fourth-order valence-electron chi connectivity index (χ4n) is 0.285. The third-order valence-electron chi connectivity index (χ3n) is 0.737. The Hall–Kier alpha value is -2.00. The molecule has 0 aromatic rings. The van der Waals surface area contributed by atoms with Crippen molar-refractivity contribution in [1.29, 1.82) is 0 Å². The van der Waals surface area contributed by atoms with Gasteiger partial charge in [-0.25, -0.2) is 19.2 Å². The molecule has 4 N–H and O–H groups in total. The van der Waals surface area contributed by atoms with E-state index in [1.807, 2.05) is 0 Å². The van der Waals surface area contributed by atoms with E-state index in [0.29, 0.717) is 24.3 Å². The molecule has 0 aromatic heterocycles. The van der Waals surface area contributed by atoms with Crippen molar-refractivity contribution in [3.8, 4) is 0 Å². The van der Waals surface area contributed by atoms with Crippen molar-refractivity contribution in [2.24, 2.45) is 0 Å². The molecule has 0 heterocycles. The number of hydrogen-bond acceptors (Lipinski definition) is 8. The van der Waals surface area contributed by atoms with E-state index in [1.165, 1.54) is 0 Å². The molecule has 22 heavy (non-hydrogen) atoms. The summed E-state index contributed by atoms with van der Waals surface area (Å²) < 4.78 is 8.55. The molecule has 0 atom stereocenters. The van der Waals surface area contributed by atoms with Gasteiger partial charge in [0.2, 0.25) is 0 Å². The summed E-state index contributed by atoms with van der Waals surface area (Å²) in [4.78, 5) is 63.9. The normalized spacial score (nSPS) is 9.59. The number of rotatable bonds is 4. The Morgan fingerprint density at radius 2 is 0.727 bits per heavy atom. The molecule has 0 fully saturated rings. The van der Waals surface area contributed by atoms with Gasteiger partial charge in [-0.3, -0.25) is 0 Å². The number of carbonyl (C=O) groups is 4. The van der Waals surface area contributed by atoms with Crippen LogP contribution in [-0.4, -0.2) is 61.7 Å². The minimum absolute atomic E-state index is 0. The molecule has 0 rings (SSSR count). The molecular formula is C8H8AlO12P. The van der Waals surface area contributed by atoms with Crippen LogP contribution in [0.1, 0.15) is 0 Å². The number of carboxylic acid groups (broad SMARTS) is 4. The molecule has 0 radical (unpaired) electrons. The van der Waals surface area contributed by atoms with E-state index in [2.05, 4.69) is 0 Å². The second-order valence-electron chi connectivity index (χ2n) is 2.47. The van der Waals surface area contributed by atoms with Gasteiger partial charge < -0.3 is 39.7 Å². The summed E-state index contributed by atoms with van der Waals surface area (Å²) in [5.41, 5.74) is 0. The maximum atomic E-state index is 9.55. The molecule has 0 aliphatic rings. The number of aliphatic carboxylic acids is 4. The molecule has 0 saturated heterocycles. The third-order valence-corrected chi connectivity index (χ3v) is 0.737. The molecular weight excluding hydrogens is 346 g/mol. The first kappa shape index (κ1) is 28.2. The zero-order valence-corrected chi connectivity index (χ0v) is 12.4. The Balaban J connectivity index is -0.000000111. The summed E-state index contributed by atoms with van der Waals surface area (Å²) in [6.45, 7) is 0. The molecule has 0 bridgehead atoms. The van der Waals surface area contributed by atoms with Crippen LogP contribution in [0.4, 0.5) is 0 Å². The largest absolute Gasteiger partial charge is 3.00 e. The fraction of sp³-hybridized carbons (Fsp3) is 0. The van der Waals surface area contributed by atoms with Crippen molar-refractivity contribution in [3.05, 3.63) is 24.3 Å². The predicted molar refractivity (Wildman–Crippen MR) is 62.2 cm³/mol. The van der Waals surface area contributed by atoms with E-state index in [4.69, 9.17) is 39.7 Å². The second kappa shape index (κ2) is 15.4. The first-order valence-electron chi connectivity index (χ1n) is 4.26. The Kier molecular flexibility index (Phi) is 19.7. The van der Waals surface area contributed by atoms with Gasteiger partial charge in [0.05, 0.1) is 0 Å². The van der Waals surface area contributed by atoms with Crippen molar-refractivity contribution in [2.75, 3.05) is 0 Å². The first-order valence-corrected chi connectivity index (χ1v) is 5.72. The van der Waals surface area contributed by atoms with Crippen LogP contribution >= 0.6 is 7.82 Å². The molecule has 0 aliphatic carbocycles.